The number of halogens is 3. The number of fused-ring (bicyclic) bond motifs is 1. The lowest BCUT2D eigenvalue weighted by atomic mass is 9.85. The van der Waals surface area contributed by atoms with Crippen molar-refractivity contribution in [2.45, 2.75) is 50.6 Å². The number of benzene rings is 3. The molecule has 1 atom stereocenters. The molecule has 45 heavy (non-hydrogen) atoms. The van der Waals surface area contributed by atoms with E-state index in [9.17, 15) is 12.8 Å². The molecule has 0 fully saturated rings. The van der Waals surface area contributed by atoms with E-state index >= 15 is 4.39 Å². The molecule has 2 N–H and O–H groups in total. The van der Waals surface area contributed by atoms with Crippen molar-refractivity contribution in [2.24, 2.45) is 0 Å². The molecule has 0 saturated heterocycles. The van der Waals surface area contributed by atoms with Gasteiger partial charge in [0.25, 0.3) is 0 Å². The SMILES string of the molecule is CC(C)S(=O)(=O)CCNCCCC1(c2cc3c(Nc4ccc(OCc5cccc(F)c5)c(Cl)c4)ncnc3cc2F)CC=CO1. The Morgan fingerprint density at radius 3 is 2.67 bits per heavy atom. The van der Waals surface area contributed by atoms with Crippen LogP contribution in [0, 0.1) is 11.6 Å². The summed E-state index contributed by atoms with van der Waals surface area (Å²) < 4.78 is 65.1. The fourth-order valence-corrected chi connectivity index (χ4v) is 6.29. The van der Waals surface area contributed by atoms with E-state index in [2.05, 4.69) is 20.6 Å². The van der Waals surface area contributed by atoms with E-state index in [0.29, 0.717) is 76.7 Å². The predicted octanol–water partition coefficient (Wildman–Crippen LogP) is 7.21. The standard InChI is InChI=1S/C33H35ClF2N4O4S/c1-22(2)45(41,42)15-13-37-12-4-10-33(11-5-14-44-33)27-18-26-30(19-29(27)36)38-21-39-32(26)40-25-8-9-31(28(34)17-25)43-20-23-6-3-7-24(35)16-23/h3,5-9,14,16-19,21-22,37H,4,10-13,15,20H2,1-2H3,(H,38,39,40). The molecule has 2 heterocycles. The molecule has 0 saturated carbocycles. The zero-order valence-corrected chi connectivity index (χ0v) is 26.6. The van der Waals surface area contributed by atoms with Gasteiger partial charge in [0.15, 0.2) is 9.84 Å². The number of rotatable bonds is 14. The topological polar surface area (TPSA) is 102 Å². The van der Waals surface area contributed by atoms with Crippen LogP contribution >= 0.6 is 11.6 Å². The maximum atomic E-state index is 15.6. The van der Waals surface area contributed by atoms with Gasteiger partial charge in [-0.15, -0.1) is 0 Å². The number of ether oxygens (including phenoxy) is 2. The summed E-state index contributed by atoms with van der Waals surface area (Å²) in [5.41, 5.74) is 1.20. The molecule has 12 heteroatoms. The number of hydrogen-bond acceptors (Lipinski definition) is 8. The van der Waals surface area contributed by atoms with E-state index in [1.54, 1.807) is 56.5 Å². The van der Waals surface area contributed by atoms with Crippen molar-refractivity contribution in [1.29, 1.82) is 0 Å². The molecular formula is C33H35ClF2N4O4S. The van der Waals surface area contributed by atoms with Crippen LogP contribution in [0.5, 0.6) is 5.75 Å². The third-order valence-electron chi connectivity index (χ3n) is 7.75. The monoisotopic (exact) mass is 656 g/mol. The highest BCUT2D eigenvalue weighted by molar-refractivity contribution is 7.92. The van der Waals surface area contributed by atoms with Gasteiger partial charge in [0.2, 0.25) is 0 Å². The summed E-state index contributed by atoms with van der Waals surface area (Å²) in [6.07, 6.45) is 6.45. The fourth-order valence-electron chi connectivity index (χ4n) is 5.15. The first kappa shape index (κ1) is 32.6. The Morgan fingerprint density at radius 2 is 1.93 bits per heavy atom. The van der Waals surface area contributed by atoms with Crippen LogP contribution in [0.15, 0.2) is 73.3 Å². The molecule has 0 radical (unpaired) electrons. The molecule has 5 rings (SSSR count). The molecule has 1 aromatic heterocycles. The first-order valence-electron chi connectivity index (χ1n) is 14.7. The summed E-state index contributed by atoms with van der Waals surface area (Å²) in [5, 5.41) is 6.97. The second kappa shape index (κ2) is 14.1. The van der Waals surface area contributed by atoms with Crippen LogP contribution in [0.1, 0.15) is 44.2 Å². The van der Waals surface area contributed by atoms with E-state index in [1.165, 1.54) is 24.5 Å². The Bertz CT molecular complexity index is 1800. The minimum atomic E-state index is -3.12. The Morgan fingerprint density at radius 1 is 1.09 bits per heavy atom. The molecule has 1 unspecified atom stereocenters. The number of hydrogen-bond donors (Lipinski definition) is 2. The van der Waals surface area contributed by atoms with Crippen LogP contribution in [0.25, 0.3) is 10.9 Å². The maximum Gasteiger partial charge on any atom is 0.153 e. The van der Waals surface area contributed by atoms with Crippen molar-refractivity contribution >= 4 is 43.8 Å². The normalized spacial score (nSPS) is 16.3. The minimum Gasteiger partial charge on any atom is -0.490 e. The van der Waals surface area contributed by atoms with Crippen LogP contribution in [0.3, 0.4) is 0 Å². The molecule has 4 aromatic rings. The number of anilines is 2. The van der Waals surface area contributed by atoms with Gasteiger partial charge < -0.3 is 20.1 Å². The van der Waals surface area contributed by atoms with E-state index in [-0.39, 0.29) is 18.2 Å². The highest BCUT2D eigenvalue weighted by atomic mass is 35.5. The summed E-state index contributed by atoms with van der Waals surface area (Å²) in [4.78, 5) is 8.69. The molecular weight excluding hydrogens is 622 g/mol. The van der Waals surface area contributed by atoms with Crippen molar-refractivity contribution in [3.63, 3.8) is 0 Å². The van der Waals surface area contributed by atoms with E-state index < -0.39 is 26.5 Å². The van der Waals surface area contributed by atoms with E-state index in [0.717, 1.165) is 0 Å². The number of sulfone groups is 1. The summed E-state index contributed by atoms with van der Waals surface area (Å²) in [6.45, 7) is 4.42. The molecule has 1 aliphatic heterocycles. The average Bonchev–Trinajstić information content (AvgIpc) is 3.48. The smallest absolute Gasteiger partial charge is 0.153 e. The van der Waals surface area contributed by atoms with Crippen LogP contribution in [0.2, 0.25) is 5.02 Å². The number of aromatic nitrogens is 2. The molecule has 3 aromatic carbocycles. The zero-order valence-electron chi connectivity index (χ0n) is 25.0. The molecule has 1 aliphatic rings. The van der Waals surface area contributed by atoms with Crippen molar-refractivity contribution in [3.8, 4) is 5.75 Å². The Hall–Kier alpha value is -3.80. The van der Waals surface area contributed by atoms with Gasteiger partial charge >= 0.3 is 0 Å². The fraction of sp³-hybridized carbons (Fsp3) is 0.333. The van der Waals surface area contributed by atoms with Gasteiger partial charge in [0.1, 0.15) is 41.7 Å². The maximum absolute atomic E-state index is 15.6. The first-order valence-corrected chi connectivity index (χ1v) is 16.8. The summed E-state index contributed by atoms with van der Waals surface area (Å²) in [6, 6.07) is 14.4. The summed E-state index contributed by atoms with van der Waals surface area (Å²) in [7, 11) is -3.12. The average molecular weight is 657 g/mol. The Kier molecular flexibility index (Phi) is 10.2. The molecule has 8 nitrogen and oxygen atoms in total. The van der Waals surface area contributed by atoms with Crippen molar-refractivity contribution in [3.05, 3.63) is 101 Å². The first-order chi connectivity index (χ1) is 21.6. The Balaban J connectivity index is 1.30. The van der Waals surface area contributed by atoms with E-state index in [4.69, 9.17) is 21.1 Å². The highest BCUT2D eigenvalue weighted by Gasteiger charge is 2.38. The lowest BCUT2D eigenvalue weighted by Gasteiger charge is -2.30. The minimum absolute atomic E-state index is 0.0683. The second-order valence-electron chi connectivity index (χ2n) is 11.2. The van der Waals surface area contributed by atoms with E-state index in [1.807, 2.05) is 6.08 Å². The number of nitrogens with one attached hydrogen (secondary N) is 2. The zero-order chi connectivity index (χ0) is 32.0. The van der Waals surface area contributed by atoms with Crippen molar-refractivity contribution in [2.75, 3.05) is 24.2 Å². The van der Waals surface area contributed by atoms with Gasteiger partial charge in [0, 0.05) is 35.7 Å². The van der Waals surface area contributed by atoms with Crippen molar-refractivity contribution < 1.29 is 26.7 Å². The van der Waals surface area contributed by atoms with Gasteiger partial charge in [-0.25, -0.2) is 27.2 Å². The largest absolute Gasteiger partial charge is 0.490 e. The molecule has 0 spiro atoms. The second-order valence-corrected chi connectivity index (χ2v) is 14.3. The molecule has 0 amide bonds. The van der Waals surface area contributed by atoms with Gasteiger partial charge in [-0.2, -0.15) is 0 Å². The third kappa shape index (κ3) is 7.89. The quantitative estimate of drug-likeness (QED) is 0.137. The summed E-state index contributed by atoms with van der Waals surface area (Å²) in [5.74, 6) is 0.188. The third-order valence-corrected chi connectivity index (χ3v) is 10.3. The van der Waals surface area contributed by atoms with Gasteiger partial charge in [-0.05, 0) is 81.3 Å². The van der Waals surface area contributed by atoms with Crippen LogP contribution in [0.4, 0.5) is 20.3 Å². The van der Waals surface area contributed by atoms with Gasteiger partial charge in [-0.1, -0.05) is 23.7 Å². The Labute approximate surface area is 266 Å². The number of nitrogens with zero attached hydrogens (tertiary/aromatic N) is 2. The summed E-state index contributed by atoms with van der Waals surface area (Å²) >= 11 is 6.50. The van der Waals surface area contributed by atoms with Crippen molar-refractivity contribution in [1.82, 2.24) is 15.3 Å². The predicted molar refractivity (Wildman–Crippen MR) is 173 cm³/mol. The molecule has 0 aliphatic carbocycles. The lowest BCUT2D eigenvalue weighted by molar-refractivity contribution is 0.0273. The highest BCUT2D eigenvalue weighted by Crippen LogP contribution is 2.42. The van der Waals surface area contributed by atoms with Crippen LogP contribution < -0.4 is 15.4 Å². The van der Waals surface area contributed by atoms with Gasteiger partial charge in [-0.3, -0.25) is 0 Å². The molecule has 238 valence electrons. The lowest BCUT2D eigenvalue weighted by Crippen LogP contribution is -2.30. The van der Waals surface area contributed by atoms with Crippen LogP contribution in [-0.2, 0) is 26.8 Å². The molecule has 0 bridgehead atoms. The van der Waals surface area contributed by atoms with Crippen LogP contribution in [-0.4, -0.2) is 42.5 Å². The van der Waals surface area contributed by atoms with Gasteiger partial charge in [0.05, 0.1) is 27.8 Å².